The fraction of sp³-hybridized carbons (Fsp3) is 0.400. The first-order chi connectivity index (χ1) is 16.8. The van der Waals surface area contributed by atoms with E-state index in [-0.39, 0.29) is 28.8 Å². The first-order valence-electron chi connectivity index (χ1n) is 11.3. The number of nitrogens with zero attached hydrogens (tertiary/aromatic N) is 1. The van der Waals surface area contributed by atoms with Crippen LogP contribution in [0.1, 0.15) is 19.6 Å². The second kappa shape index (κ2) is 10.3. The maximum atomic E-state index is 15.2. The van der Waals surface area contributed by atoms with Crippen LogP contribution in [0.25, 0.3) is 22.0 Å². The molecule has 1 aliphatic heterocycles. The van der Waals surface area contributed by atoms with Crippen LogP contribution in [-0.4, -0.2) is 69.7 Å². The molecule has 4 N–H and O–H groups in total. The van der Waals surface area contributed by atoms with Gasteiger partial charge in [-0.05, 0) is 36.2 Å². The summed E-state index contributed by atoms with van der Waals surface area (Å²) in [6.45, 7) is 1.53. The molecule has 0 bridgehead atoms. The molecule has 1 fully saturated rings. The highest BCUT2D eigenvalue weighted by Gasteiger charge is 2.44. The van der Waals surface area contributed by atoms with Crippen LogP contribution in [0.2, 0.25) is 0 Å². The molecule has 2 aromatic carbocycles. The van der Waals surface area contributed by atoms with Gasteiger partial charge in [0, 0.05) is 11.8 Å². The Kier molecular flexibility index (Phi) is 7.39. The molecule has 0 aliphatic carbocycles. The summed E-state index contributed by atoms with van der Waals surface area (Å²) in [5.74, 6) is -0.0635. The molecular weight excluding hydrogens is 461 g/mol. The third kappa shape index (κ3) is 4.51. The van der Waals surface area contributed by atoms with E-state index in [0.717, 1.165) is 6.07 Å². The minimum Gasteiger partial charge on any atom is -0.497 e. The van der Waals surface area contributed by atoms with Crippen LogP contribution in [0.15, 0.2) is 47.4 Å². The lowest BCUT2D eigenvalue weighted by Crippen LogP contribution is -2.56. The van der Waals surface area contributed by atoms with Crippen molar-refractivity contribution in [1.82, 2.24) is 4.57 Å². The standard InChI is InChI=1S/C25H28FNO8/c1-3-10-34-17-9-8-16(26)19-20(17)27(25-24(32)23(31)22(30)18(12-28)35-25)11-15(21(19)29)13-4-6-14(33-2)7-5-13/h4-9,11,18,22-25,28,30-32H,3,10,12H2,1-2H3/t18-,22-,23+,24-,25-/m1/s1. The van der Waals surface area contributed by atoms with Crippen molar-refractivity contribution in [3.8, 4) is 22.6 Å². The fourth-order valence-electron chi connectivity index (χ4n) is 4.23. The van der Waals surface area contributed by atoms with Gasteiger partial charge in [0.15, 0.2) is 11.7 Å². The van der Waals surface area contributed by atoms with E-state index in [1.54, 1.807) is 24.3 Å². The van der Waals surface area contributed by atoms with Crippen molar-refractivity contribution in [1.29, 1.82) is 0 Å². The molecule has 2 heterocycles. The van der Waals surface area contributed by atoms with E-state index in [2.05, 4.69) is 0 Å². The maximum Gasteiger partial charge on any atom is 0.200 e. The van der Waals surface area contributed by atoms with E-state index in [0.29, 0.717) is 17.7 Å². The highest BCUT2D eigenvalue weighted by molar-refractivity contribution is 5.89. The van der Waals surface area contributed by atoms with Gasteiger partial charge in [-0.15, -0.1) is 0 Å². The number of hydrogen-bond acceptors (Lipinski definition) is 8. The Morgan fingerprint density at radius 3 is 2.40 bits per heavy atom. The van der Waals surface area contributed by atoms with Gasteiger partial charge in [0.05, 0.1) is 31.2 Å². The second-order valence-corrected chi connectivity index (χ2v) is 8.34. The lowest BCUT2D eigenvalue weighted by molar-refractivity contribution is -0.250. The Morgan fingerprint density at radius 1 is 1.06 bits per heavy atom. The minimum atomic E-state index is -1.67. The zero-order valence-electron chi connectivity index (χ0n) is 19.3. The Labute approximate surface area is 200 Å². The largest absolute Gasteiger partial charge is 0.497 e. The lowest BCUT2D eigenvalue weighted by atomic mass is 9.97. The monoisotopic (exact) mass is 489 g/mol. The Balaban J connectivity index is 2.02. The van der Waals surface area contributed by atoms with Crippen LogP contribution in [0.3, 0.4) is 0 Å². The van der Waals surface area contributed by atoms with Gasteiger partial charge < -0.3 is 39.2 Å². The maximum absolute atomic E-state index is 15.2. The highest BCUT2D eigenvalue weighted by Crippen LogP contribution is 2.36. The smallest absolute Gasteiger partial charge is 0.200 e. The van der Waals surface area contributed by atoms with Gasteiger partial charge in [0.1, 0.15) is 41.7 Å². The lowest BCUT2D eigenvalue weighted by Gasteiger charge is -2.41. The molecule has 35 heavy (non-hydrogen) atoms. The van der Waals surface area contributed by atoms with Crippen LogP contribution >= 0.6 is 0 Å². The average Bonchev–Trinajstić information content (AvgIpc) is 2.87. The van der Waals surface area contributed by atoms with E-state index >= 15 is 4.39 Å². The molecule has 4 rings (SSSR count). The summed E-state index contributed by atoms with van der Waals surface area (Å²) in [4.78, 5) is 13.5. The average molecular weight is 489 g/mol. The van der Waals surface area contributed by atoms with Crippen molar-refractivity contribution >= 4 is 10.9 Å². The van der Waals surface area contributed by atoms with Crippen molar-refractivity contribution in [2.45, 2.75) is 44.0 Å². The van der Waals surface area contributed by atoms with E-state index in [9.17, 15) is 25.2 Å². The summed E-state index contributed by atoms with van der Waals surface area (Å²) >= 11 is 0. The SMILES string of the molecule is CCCOc1ccc(F)c2c(=O)c(-c3ccc(OC)cc3)cn([C@@H]3O[C@H](CO)[C@@H](O)[C@H](O)[C@H]3O)c12. The van der Waals surface area contributed by atoms with Gasteiger partial charge >= 0.3 is 0 Å². The van der Waals surface area contributed by atoms with Crippen LogP contribution in [0, 0.1) is 5.82 Å². The van der Waals surface area contributed by atoms with Crippen LogP contribution in [0.4, 0.5) is 4.39 Å². The molecule has 9 nitrogen and oxygen atoms in total. The molecule has 0 amide bonds. The molecule has 1 saturated heterocycles. The van der Waals surface area contributed by atoms with E-state index < -0.39 is 48.5 Å². The normalized spacial score (nSPS) is 24.5. The molecule has 3 aromatic rings. The fourth-order valence-corrected chi connectivity index (χ4v) is 4.23. The summed E-state index contributed by atoms with van der Waals surface area (Å²) in [6.07, 6.45) is -5.46. The summed E-state index contributed by atoms with van der Waals surface area (Å²) in [5.41, 5.74) is -0.0329. The van der Waals surface area contributed by atoms with Gasteiger partial charge in [0.2, 0.25) is 0 Å². The molecule has 10 heteroatoms. The molecule has 1 aliphatic rings. The Hall–Kier alpha value is -3.02. The van der Waals surface area contributed by atoms with E-state index in [4.69, 9.17) is 14.2 Å². The van der Waals surface area contributed by atoms with Crippen LogP contribution < -0.4 is 14.9 Å². The molecule has 0 radical (unpaired) electrons. The van der Waals surface area contributed by atoms with Gasteiger partial charge in [-0.2, -0.15) is 0 Å². The number of aliphatic hydroxyl groups excluding tert-OH is 4. The number of halogens is 1. The molecular formula is C25H28FNO8. The number of benzene rings is 2. The van der Waals surface area contributed by atoms with Crippen molar-refractivity contribution in [3.05, 3.63) is 58.6 Å². The van der Waals surface area contributed by atoms with Gasteiger partial charge in [0.25, 0.3) is 0 Å². The first kappa shape index (κ1) is 25.1. The van der Waals surface area contributed by atoms with Gasteiger partial charge in [-0.3, -0.25) is 4.79 Å². The van der Waals surface area contributed by atoms with Crippen molar-refractivity contribution in [2.24, 2.45) is 0 Å². The number of rotatable bonds is 7. The number of pyridine rings is 1. The molecule has 5 atom stereocenters. The minimum absolute atomic E-state index is 0.0186. The number of methoxy groups -OCH3 is 1. The number of aromatic nitrogens is 1. The predicted molar refractivity (Wildman–Crippen MR) is 125 cm³/mol. The van der Waals surface area contributed by atoms with Crippen molar-refractivity contribution < 1.29 is 39.0 Å². The topological polar surface area (TPSA) is 131 Å². The second-order valence-electron chi connectivity index (χ2n) is 8.34. The van der Waals surface area contributed by atoms with Gasteiger partial charge in [-0.25, -0.2) is 4.39 Å². The predicted octanol–water partition coefficient (Wildman–Crippen LogP) is 1.58. The number of aliphatic hydroxyl groups is 4. The highest BCUT2D eigenvalue weighted by atomic mass is 19.1. The third-order valence-corrected chi connectivity index (χ3v) is 6.09. The molecule has 188 valence electrons. The van der Waals surface area contributed by atoms with Crippen molar-refractivity contribution in [2.75, 3.05) is 20.3 Å². The quantitative estimate of drug-likeness (QED) is 0.394. The van der Waals surface area contributed by atoms with Crippen molar-refractivity contribution in [3.63, 3.8) is 0 Å². The third-order valence-electron chi connectivity index (χ3n) is 6.09. The summed E-state index contributed by atoms with van der Waals surface area (Å²) in [7, 11) is 1.50. The molecule has 0 spiro atoms. The Morgan fingerprint density at radius 2 is 1.77 bits per heavy atom. The van der Waals surface area contributed by atoms with Crippen LogP contribution in [-0.2, 0) is 4.74 Å². The summed E-state index contributed by atoms with van der Waals surface area (Å²) in [5, 5.41) is 40.8. The summed E-state index contributed by atoms with van der Waals surface area (Å²) < 4.78 is 33.2. The molecule has 0 saturated carbocycles. The Bertz CT molecular complexity index is 1240. The first-order valence-corrected chi connectivity index (χ1v) is 11.3. The van der Waals surface area contributed by atoms with Gasteiger partial charge in [-0.1, -0.05) is 19.1 Å². The number of ether oxygens (including phenoxy) is 3. The number of fused-ring (bicyclic) bond motifs is 1. The molecule has 0 unspecified atom stereocenters. The van der Waals surface area contributed by atoms with Crippen LogP contribution in [0.5, 0.6) is 11.5 Å². The summed E-state index contributed by atoms with van der Waals surface area (Å²) in [6, 6.07) is 9.07. The number of hydrogen-bond donors (Lipinski definition) is 4. The zero-order chi connectivity index (χ0) is 25.3. The zero-order valence-corrected chi connectivity index (χ0v) is 19.3. The van der Waals surface area contributed by atoms with E-state index in [1.165, 1.54) is 23.9 Å². The van der Waals surface area contributed by atoms with E-state index in [1.807, 2.05) is 6.92 Å². The molecule has 1 aromatic heterocycles.